The van der Waals surface area contributed by atoms with E-state index >= 15 is 0 Å². The first-order valence-corrected chi connectivity index (χ1v) is 10.9. The summed E-state index contributed by atoms with van der Waals surface area (Å²) in [4.78, 5) is 17.0. The number of carbonyl (C=O) groups excluding carboxylic acids is 1. The average Bonchev–Trinajstić information content (AvgIpc) is 3.04. The van der Waals surface area contributed by atoms with Gasteiger partial charge in [0, 0.05) is 20.6 Å². The number of aromatic nitrogens is 2. The quantitative estimate of drug-likeness (QED) is 0.525. The zero-order chi connectivity index (χ0) is 21.3. The van der Waals surface area contributed by atoms with Gasteiger partial charge in [0.15, 0.2) is 0 Å². The monoisotopic (exact) mass is 455 g/mol. The predicted octanol–water partition coefficient (Wildman–Crippen LogP) is 3.97. The van der Waals surface area contributed by atoms with Gasteiger partial charge in [-0.25, -0.2) is 22.5 Å². The molecule has 0 aliphatic carbocycles. The van der Waals surface area contributed by atoms with Gasteiger partial charge >= 0.3 is 5.97 Å². The molecular weight excluding hydrogens is 437 g/mol. The summed E-state index contributed by atoms with van der Waals surface area (Å²) in [5.41, 5.74) is 1.41. The molecule has 154 valence electrons. The number of hydrogen-bond donors (Lipinski definition) is 0. The van der Waals surface area contributed by atoms with E-state index in [9.17, 15) is 13.2 Å². The van der Waals surface area contributed by atoms with Crippen molar-refractivity contribution in [1.82, 2.24) is 13.9 Å². The predicted molar refractivity (Wildman–Crippen MR) is 112 cm³/mol. The smallest absolute Gasteiger partial charge is 0.340 e. The van der Waals surface area contributed by atoms with Crippen LogP contribution in [-0.4, -0.2) is 42.3 Å². The number of fused-ring (bicyclic) bond motifs is 1. The van der Waals surface area contributed by atoms with E-state index in [1.165, 1.54) is 32.3 Å². The highest BCUT2D eigenvalue weighted by atomic mass is 35.5. The molecule has 0 saturated heterocycles. The van der Waals surface area contributed by atoms with Crippen molar-refractivity contribution in [1.29, 1.82) is 0 Å². The Morgan fingerprint density at radius 3 is 2.59 bits per heavy atom. The van der Waals surface area contributed by atoms with Crippen molar-refractivity contribution < 1.29 is 17.9 Å². The number of nitrogens with zero attached hydrogens (tertiary/aromatic N) is 3. The van der Waals surface area contributed by atoms with E-state index in [2.05, 4.69) is 4.98 Å². The van der Waals surface area contributed by atoms with Crippen LogP contribution in [-0.2, 0) is 27.9 Å². The Hall–Kier alpha value is -2.13. The highest BCUT2D eigenvalue weighted by molar-refractivity contribution is 7.89. The van der Waals surface area contributed by atoms with Gasteiger partial charge < -0.3 is 9.30 Å². The third-order valence-corrected chi connectivity index (χ3v) is 7.03. The van der Waals surface area contributed by atoms with E-state index < -0.39 is 16.0 Å². The number of halogens is 2. The van der Waals surface area contributed by atoms with Crippen molar-refractivity contribution in [2.45, 2.75) is 25.0 Å². The number of ether oxygens (including phenoxy) is 1. The summed E-state index contributed by atoms with van der Waals surface area (Å²) in [6, 6.07) is 9.46. The fraction of sp³-hybridized carbons (Fsp3) is 0.263. The maximum absolute atomic E-state index is 12.4. The highest BCUT2D eigenvalue weighted by Crippen LogP contribution is 2.27. The van der Waals surface area contributed by atoms with Crippen molar-refractivity contribution in [2.24, 2.45) is 0 Å². The molecule has 7 nitrogen and oxygen atoms in total. The second kappa shape index (κ2) is 8.31. The van der Waals surface area contributed by atoms with Crippen LogP contribution in [0.2, 0.25) is 10.0 Å². The number of imidazole rings is 1. The minimum atomic E-state index is -3.58. The van der Waals surface area contributed by atoms with Gasteiger partial charge in [-0.1, -0.05) is 29.3 Å². The molecule has 0 unspecified atom stereocenters. The van der Waals surface area contributed by atoms with Crippen LogP contribution in [0.15, 0.2) is 41.3 Å². The lowest BCUT2D eigenvalue weighted by atomic mass is 10.2. The number of hydrogen-bond acceptors (Lipinski definition) is 5. The fourth-order valence-corrected chi connectivity index (χ4v) is 4.16. The first-order valence-electron chi connectivity index (χ1n) is 8.69. The van der Waals surface area contributed by atoms with Crippen LogP contribution in [0, 0.1) is 0 Å². The summed E-state index contributed by atoms with van der Waals surface area (Å²) in [5, 5.41) is 0.387. The average molecular weight is 456 g/mol. The molecule has 0 aliphatic heterocycles. The summed E-state index contributed by atoms with van der Waals surface area (Å²) in [7, 11) is -0.641. The van der Waals surface area contributed by atoms with E-state index in [-0.39, 0.29) is 27.1 Å². The molecular formula is C19H19Cl2N3O4S. The number of esters is 1. The minimum Gasteiger partial charge on any atom is -0.454 e. The van der Waals surface area contributed by atoms with Crippen molar-refractivity contribution >= 4 is 50.2 Å². The summed E-state index contributed by atoms with van der Waals surface area (Å²) >= 11 is 12.0. The number of rotatable bonds is 6. The summed E-state index contributed by atoms with van der Waals surface area (Å²) in [6.07, 6.45) is 0. The van der Waals surface area contributed by atoms with Gasteiger partial charge in [-0.2, -0.15) is 0 Å². The molecule has 29 heavy (non-hydrogen) atoms. The van der Waals surface area contributed by atoms with E-state index in [1.54, 1.807) is 18.2 Å². The molecule has 0 amide bonds. The Bertz CT molecular complexity index is 1190. The number of aryl methyl sites for hydroxylation is 1. The normalized spacial score (nSPS) is 11.9. The lowest BCUT2D eigenvalue weighted by Gasteiger charge is -2.11. The van der Waals surface area contributed by atoms with E-state index in [1.807, 2.05) is 11.5 Å². The van der Waals surface area contributed by atoms with Crippen molar-refractivity contribution in [3.63, 3.8) is 0 Å². The van der Waals surface area contributed by atoms with E-state index in [0.29, 0.717) is 17.9 Å². The van der Waals surface area contributed by atoms with E-state index in [4.69, 9.17) is 27.9 Å². The van der Waals surface area contributed by atoms with Gasteiger partial charge in [0.05, 0.1) is 31.5 Å². The van der Waals surface area contributed by atoms with Crippen LogP contribution in [0.5, 0.6) is 0 Å². The van der Waals surface area contributed by atoms with Crippen molar-refractivity contribution in [3.05, 3.63) is 57.8 Å². The second-order valence-electron chi connectivity index (χ2n) is 6.39. The Morgan fingerprint density at radius 1 is 1.21 bits per heavy atom. The summed E-state index contributed by atoms with van der Waals surface area (Å²) in [6.45, 7) is 2.39. The first-order chi connectivity index (χ1) is 13.7. The highest BCUT2D eigenvalue weighted by Gasteiger charge is 2.20. The molecule has 2 aromatic carbocycles. The molecule has 1 aromatic heterocycles. The Labute approximate surface area is 178 Å². The van der Waals surface area contributed by atoms with Crippen LogP contribution >= 0.6 is 23.2 Å². The molecule has 3 aromatic rings. The van der Waals surface area contributed by atoms with Crippen LogP contribution in [0.4, 0.5) is 0 Å². The molecule has 0 radical (unpaired) electrons. The van der Waals surface area contributed by atoms with Gasteiger partial charge in [0.1, 0.15) is 12.4 Å². The molecule has 0 bridgehead atoms. The van der Waals surface area contributed by atoms with Crippen LogP contribution in [0.3, 0.4) is 0 Å². The molecule has 0 fully saturated rings. The summed E-state index contributed by atoms with van der Waals surface area (Å²) in [5.74, 6) is -0.128. The van der Waals surface area contributed by atoms with Gasteiger partial charge in [-0.05, 0) is 37.3 Å². The Balaban J connectivity index is 1.91. The maximum Gasteiger partial charge on any atom is 0.340 e. The molecule has 0 spiro atoms. The van der Waals surface area contributed by atoms with Crippen LogP contribution in [0.1, 0.15) is 23.1 Å². The topological polar surface area (TPSA) is 81.5 Å². The number of benzene rings is 2. The Kier molecular flexibility index (Phi) is 6.19. The molecule has 3 rings (SSSR count). The van der Waals surface area contributed by atoms with Gasteiger partial charge in [0.25, 0.3) is 0 Å². The van der Waals surface area contributed by atoms with Crippen molar-refractivity contribution in [2.75, 3.05) is 14.1 Å². The molecule has 1 heterocycles. The number of sulfonamides is 1. The molecule has 10 heteroatoms. The lowest BCUT2D eigenvalue weighted by molar-refractivity contribution is 0.0459. The maximum atomic E-state index is 12.4. The Morgan fingerprint density at radius 2 is 1.93 bits per heavy atom. The number of carbonyl (C=O) groups is 1. The van der Waals surface area contributed by atoms with Gasteiger partial charge in [-0.15, -0.1) is 0 Å². The van der Waals surface area contributed by atoms with Gasteiger partial charge in [0.2, 0.25) is 10.0 Å². The standard InChI is InChI=1S/C19H19Cl2N3O4S/c1-4-24-16-9-8-12(29(26,27)23(2)3)10-15(16)22-17(24)11-28-19(25)13-6-5-7-14(20)18(13)21/h5-10H,4,11H2,1-3H3. The van der Waals surface area contributed by atoms with Crippen LogP contribution in [0.25, 0.3) is 11.0 Å². The third-order valence-electron chi connectivity index (χ3n) is 4.40. The fourth-order valence-electron chi connectivity index (χ4n) is 2.86. The van der Waals surface area contributed by atoms with Crippen molar-refractivity contribution in [3.8, 4) is 0 Å². The van der Waals surface area contributed by atoms with E-state index in [0.717, 1.165) is 9.82 Å². The molecule has 0 atom stereocenters. The molecule has 0 N–H and O–H groups in total. The second-order valence-corrected chi connectivity index (χ2v) is 9.32. The summed E-state index contributed by atoms with van der Waals surface area (Å²) < 4.78 is 33.1. The molecule has 0 aliphatic rings. The third kappa shape index (κ3) is 4.11. The van der Waals surface area contributed by atoms with Gasteiger partial charge in [-0.3, -0.25) is 0 Å². The molecule has 0 saturated carbocycles. The SMILES string of the molecule is CCn1c(COC(=O)c2cccc(Cl)c2Cl)nc2cc(S(=O)(=O)N(C)C)ccc21. The zero-order valence-corrected chi connectivity index (χ0v) is 18.3. The largest absolute Gasteiger partial charge is 0.454 e. The van der Waals surface area contributed by atoms with Crippen LogP contribution < -0.4 is 0 Å². The zero-order valence-electron chi connectivity index (χ0n) is 16.0. The lowest BCUT2D eigenvalue weighted by Crippen LogP contribution is -2.22. The minimum absolute atomic E-state index is 0.0973. The first kappa shape index (κ1) is 21.6.